The lowest BCUT2D eigenvalue weighted by Gasteiger charge is -2.28. The Kier molecular flexibility index (Phi) is 4.98. The lowest BCUT2D eigenvalue weighted by atomic mass is 9.97. The molecule has 21 heavy (non-hydrogen) atoms. The molecule has 6 nitrogen and oxygen atoms in total. The van der Waals surface area contributed by atoms with Crippen molar-refractivity contribution in [2.45, 2.75) is 50.4 Å². The molecule has 0 aromatic carbocycles. The van der Waals surface area contributed by atoms with E-state index in [1.807, 2.05) is 20.8 Å². The summed E-state index contributed by atoms with van der Waals surface area (Å²) >= 11 is 0. The minimum absolute atomic E-state index is 0.0445. The van der Waals surface area contributed by atoms with Gasteiger partial charge in [0, 0.05) is 19.3 Å². The molecule has 0 amide bonds. The third kappa shape index (κ3) is 3.79. The van der Waals surface area contributed by atoms with Crippen molar-refractivity contribution in [3.63, 3.8) is 0 Å². The fraction of sp³-hybridized carbons (Fsp3) is 0.643. The van der Waals surface area contributed by atoms with Gasteiger partial charge in [-0.15, -0.1) is 0 Å². The Morgan fingerprint density at radius 3 is 2.76 bits per heavy atom. The molecular weight excluding hydrogens is 290 g/mol. The van der Waals surface area contributed by atoms with Gasteiger partial charge in [0.1, 0.15) is 0 Å². The normalized spacial score (nSPS) is 26.1. The fourth-order valence-corrected chi connectivity index (χ4v) is 3.70. The number of nitrogens with zero attached hydrogens (tertiary/aromatic N) is 1. The number of hydrogen-bond donors (Lipinski definition) is 2. The standard InChI is InChI=1S/C14H23N3O3S/c1-4-15-9-12-5-6-13(16-10-12)21(18,19)17-14(3)7-8-20-11(14)2/h5-6,10-11,15,17H,4,7-9H2,1-3H3. The van der Waals surface area contributed by atoms with E-state index >= 15 is 0 Å². The molecule has 0 spiro atoms. The highest BCUT2D eigenvalue weighted by atomic mass is 32.2. The Labute approximate surface area is 126 Å². The highest BCUT2D eigenvalue weighted by Gasteiger charge is 2.40. The van der Waals surface area contributed by atoms with E-state index in [1.54, 1.807) is 18.3 Å². The molecule has 0 radical (unpaired) electrons. The maximum absolute atomic E-state index is 12.4. The fourth-order valence-electron chi connectivity index (χ4n) is 2.27. The molecule has 1 aromatic heterocycles. The number of sulfonamides is 1. The first kappa shape index (κ1) is 16.4. The minimum Gasteiger partial charge on any atom is -0.376 e. The molecule has 1 aromatic rings. The molecule has 1 aliphatic heterocycles. The van der Waals surface area contributed by atoms with Gasteiger partial charge in [-0.2, -0.15) is 0 Å². The summed E-state index contributed by atoms with van der Waals surface area (Å²) in [4.78, 5) is 4.07. The molecule has 118 valence electrons. The first-order valence-electron chi connectivity index (χ1n) is 7.18. The van der Waals surface area contributed by atoms with Crippen molar-refractivity contribution < 1.29 is 13.2 Å². The maximum Gasteiger partial charge on any atom is 0.258 e. The summed E-state index contributed by atoms with van der Waals surface area (Å²) in [7, 11) is -3.63. The number of pyridine rings is 1. The molecular formula is C14H23N3O3S. The van der Waals surface area contributed by atoms with E-state index in [9.17, 15) is 8.42 Å². The Bertz CT molecular complexity index is 574. The van der Waals surface area contributed by atoms with Gasteiger partial charge in [-0.3, -0.25) is 0 Å². The molecule has 0 aliphatic carbocycles. The average molecular weight is 313 g/mol. The average Bonchev–Trinajstić information content (AvgIpc) is 2.75. The molecule has 2 atom stereocenters. The van der Waals surface area contributed by atoms with Gasteiger partial charge in [-0.1, -0.05) is 13.0 Å². The van der Waals surface area contributed by atoms with Crippen LogP contribution in [0.15, 0.2) is 23.4 Å². The maximum atomic E-state index is 12.4. The van der Waals surface area contributed by atoms with Crippen LogP contribution in [0.2, 0.25) is 0 Å². The number of nitrogens with one attached hydrogen (secondary N) is 2. The Balaban J connectivity index is 2.12. The molecule has 1 aliphatic rings. The Morgan fingerprint density at radius 2 is 2.24 bits per heavy atom. The monoisotopic (exact) mass is 313 g/mol. The van der Waals surface area contributed by atoms with Crippen LogP contribution in [0.3, 0.4) is 0 Å². The Morgan fingerprint density at radius 1 is 1.48 bits per heavy atom. The number of aromatic nitrogens is 1. The van der Waals surface area contributed by atoms with Crippen molar-refractivity contribution in [2.75, 3.05) is 13.2 Å². The first-order chi connectivity index (χ1) is 9.87. The highest BCUT2D eigenvalue weighted by Crippen LogP contribution is 2.27. The molecule has 2 N–H and O–H groups in total. The van der Waals surface area contributed by atoms with E-state index in [0.29, 0.717) is 19.6 Å². The van der Waals surface area contributed by atoms with Gasteiger partial charge in [0.05, 0.1) is 11.6 Å². The van der Waals surface area contributed by atoms with Gasteiger partial charge in [0.25, 0.3) is 10.0 Å². The molecule has 1 fully saturated rings. The number of hydrogen-bond acceptors (Lipinski definition) is 5. The van der Waals surface area contributed by atoms with Crippen LogP contribution < -0.4 is 10.0 Å². The van der Waals surface area contributed by atoms with Crippen LogP contribution >= 0.6 is 0 Å². The third-order valence-corrected chi connectivity index (χ3v) is 5.43. The molecule has 2 unspecified atom stereocenters. The highest BCUT2D eigenvalue weighted by molar-refractivity contribution is 7.89. The number of ether oxygens (including phenoxy) is 1. The summed E-state index contributed by atoms with van der Waals surface area (Å²) in [5.41, 5.74) is 0.378. The van der Waals surface area contributed by atoms with Gasteiger partial charge >= 0.3 is 0 Å². The molecule has 7 heteroatoms. The summed E-state index contributed by atoms with van der Waals surface area (Å²) in [5.74, 6) is 0. The van der Waals surface area contributed by atoms with Crippen molar-refractivity contribution in [3.05, 3.63) is 23.9 Å². The SMILES string of the molecule is CCNCc1ccc(S(=O)(=O)NC2(C)CCOC2C)nc1. The van der Waals surface area contributed by atoms with Crippen LogP contribution in [0.1, 0.15) is 32.8 Å². The summed E-state index contributed by atoms with van der Waals surface area (Å²) in [6.07, 6.45) is 2.10. The lowest BCUT2D eigenvalue weighted by molar-refractivity contribution is 0.0957. The van der Waals surface area contributed by atoms with Gasteiger partial charge in [0.2, 0.25) is 0 Å². The van der Waals surface area contributed by atoms with Crippen LogP contribution in [-0.2, 0) is 21.3 Å². The summed E-state index contributed by atoms with van der Waals surface area (Å²) in [6, 6.07) is 3.32. The molecule has 1 saturated heterocycles. The van der Waals surface area contributed by atoms with Gasteiger partial charge in [0.15, 0.2) is 5.03 Å². The molecule has 0 saturated carbocycles. The van der Waals surface area contributed by atoms with E-state index in [2.05, 4.69) is 15.0 Å². The molecule has 2 heterocycles. The van der Waals surface area contributed by atoms with Crippen LogP contribution in [0.5, 0.6) is 0 Å². The van der Waals surface area contributed by atoms with E-state index in [-0.39, 0.29) is 11.1 Å². The van der Waals surface area contributed by atoms with E-state index < -0.39 is 15.6 Å². The summed E-state index contributed by atoms with van der Waals surface area (Å²) < 4.78 is 33.0. The van der Waals surface area contributed by atoms with Gasteiger partial charge in [-0.05, 0) is 38.4 Å². The van der Waals surface area contributed by atoms with Crippen molar-refractivity contribution in [2.24, 2.45) is 0 Å². The largest absolute Gasteiger partial charge is 0.376 e. The predicted octanol–water partition coefficient (Wildman–Crippen LogP) is 1.04. The Hall–Kier alpha value is -1.02. The van der Waals surface area contributed by atoms with Crippen molar-refractivity contribution in [1.29, 1.82) is 0 Å². The van der Waals surface area contributed by atoms with E-state index in [1.165, 1.54) is 0 Å². The predicted molar refractivity (Wildman–Crippen MR) is 80.4 cm³/mol. The second-order valence-corrected chi connectivity index (χ2v) is 7.20. The summed E-state index contributed by atoms with van der Waals surface area (Å²) in [6.45, 7) is 7.86. The van der Waals surface area contributed by atoms with Crippen LogP contribution in [0.25, 0.3) is 0 Å². The lowest BCUT2D eigenvalue weighted by Crippen LogP contribution is -2.50. The van der Waals surface area contributed by atoms with Crippen LogP contribution in [-0.4, -0.2) is 38.2 Å². The van der Waals surface area contributed by atoms with E-state index in [4.69, 9.17) is 4.74 Å². The topological polar surface area (TPSA) is 80.3 Å². The third-order valence-electron chi connectivity index (χ3n) is 3.91. The molecule has 2 rings (SSSR count). The molecule has 0 bridgehead atoms. The zero-order valence-corrected chi connectivity index (χ0v) is 13.5. The van der Waals surface area contributed by atoms with E-state index in [0.717, 1.165) is 12.1 Å². The quantitative estimate of drug-likeness (QED) is 0.820. The van der Waals surface area contributed by atoms with Crippen molar-refractivity contribution >= 4 is 10.0 Å². The second-order valence-electron chi connectivity index (χ2n) is 5.57. The van der Waals surface area contributed by atoms with Crippen molar-refractivity contribution in [3.8, 4) is 0 Å². The first-order valence-corrected chi connectivity index (χ1v) is 8.67. The van der Waals surface area contributed by atoms with Gasteiger partial charge in [-0.25, -0.2) is 18.1 Å². The van der Waals surface area contributed by atoms with Crippen LogP contribution in [0.4, 0.5) is 0 Å². The smallest absolute Gasteiger partial charge is 0.258 e. The zero-order valence-electron chi connectivity index (χ0n) is 12.7. The second kappa shape index (κ2) is 6.39. The van der Waals surface area contributed by atoms with Gasteiger partial charge < -0.3 is 10.1 Å². The van der Waals surface area contributed by atoms with Crippen molar-refractivity contribution in [1.82, 2.24) is 15.0 Å². The zero-order chi connectivity index (χ0) is 15.5. The van der Waals surface area contributed by atoms with Crippen LogP contribution in [0, 0.1) is 0 Å². The summed E-state index contributed by atoms with van der Waals surface area (Å²) in [5, 5.41) is 3.22. The number of rotatable bonds is 6. The minimum atomic E-state index is -3.63.